The van der Waals surface area contributed by atoms with Crippen molar-refractivity contribution >= 4 is 23.2 Å². The van der Waals surface area contributed by atoms with Crippen molar-refractivity contribution < 1.29 is 9.53 Å². The maximum absolute atomic E-state index is 12.5. The van der Waals surface area contributed by atoms with Gasteiger partial charge in [0.05, 0.1) is 18.0 Å². The van der Waals surface area contributed by atoms with Crippen LogP contribution in [0.2, 0.25) is 0 Å². The van der Waals surface area contributed by atoms with Crippen LogP contribution >= 0.6 is 0 Å². The zero-order chi connectivity index (χ0) is 22.3. The van der Waals surface area contributed by atoms with Crippen molar-refractivity contribution in [3.63, 3.8) is 0 Å². The Hall–Kier alpha value is -3.65. The van der Waals surface area contributed by atoms with Gasteiger partial charge in [0.15, 0.2) is 5.82 Å². The first-order valence-electron chi connectivity index (χ1n) is 10.8. The monoisotopic (exact) mass is 432 g/mol. The van der Waals surface area contributed by atoms with E-state index in [0.717, 1.165) is 43.3 Å². The summed E-state index contributed by atoms with van der Waals surface area (Å²) in [6.07, 6.45) is 0. The number of piperazine rings is 1. The molecule has 0 unspecified atom stereocenters. The molecule has 2 N–H and O–H groups in total. The van der Waals surface area contributed by atoms with Crippen LogP contribution < -0.4 is 20.3 Å². The molecule has 8 heteroatoms. The van der Waals surface area contributed by atoms with Gasteiger partial charge in [0, 0.05) is 37.4 Å². The lowest BCUT2D eigenvalue weighted by atomic mass is 10.1. The number of aromatic nitrogens is 2. The van der Waals surface area contributed by atoms with Crippen LogP contribution in [-0.4, -0.2) is 61.0 Å². The second-order valence-electron chi connectivity index (χ2n) is 7.66. The molecular weight excluding hydrogens is 404 g/mol. The van der Waals surface area contributed by atoms with Crippen molar-refractivity contribution in [3.8, 4) is 17.0 Å². The van der Waals surface area contributed by atoms with Crippen molar-refractivity contribution in [1.29, 1.82) is 0 Å². The SMILES string of the molecule is CCOc1ccccc1NC(=O)Nc1cccc(-c2ccc(N3CCN(C)CC3)nn2)c1. The largest absolute Gasteiger partial charge is 0.492 e. The van der Waals surface area contributed by atoms with E-state index in [2.05, 4.69) is 37.7 Å². The Labute approximate surface area is 188 Å². The summed E-state index contributed by atoms with van der Waals surface area (Å²) >= 11 is 0. The number of anilines is 3. The van der Waals surface area contributed by atoms with E-state index in [-0.39, 0.29) is 6.03 Å². The van der Waals surface area contributed by atoms with E-state index >= 15 is 0 Å². The number of amides is 2. The smallest absolute Gasteiger partial charge is 0.323 e. The van der Waals surface area contributed by atoms with Crippen LogP contribution in [0.25, 0.3) is 11.3 Å². The molecule has 1 saturated heterocycles. The highest BCUT2D eigenvalue weighted by Crippen LogP contribution is 2.25. The summed E-state index contributed by atoms with van der Waals surface area (Å²) in [5.74, 6) is 1.53. The molecular formula is C24H28N6O2. The Morgan fingerprint density at radius 2 is 1.78 bits per heavy atom. The minimum absolute atomic E-state index is 0.342. The number of benzene rings is 2. The van der Waals surface area contributed by atoms with Crippen LogP contribution in [-0.2, 0) is 0 Å². The molecule has 8 nitrogen and oxygen atoms in total. The van der Waals surface area contributed by atoms with Gasteiger partial charge in [0.1, 0.15) is 5.75 Å². The minimum Gasteiger partial charge on any atom is -0.492 e. The number of ether oxygens (including phenoxy) is 1. The van der Waals surface area contributed by atoms with E-state index in [0.29, 0.717) is 23.7 Å². The first-order chi connectivity index (χ1) is 15.6. The fraction of sp³-hybridized carbons (Fsp3) is 0.292. The second-order valence-corrected chi connectivity index (χ2v) is 7.66. The molecule has 3 aromatic rings. The van der Waals surface area contributed by atoms with Crippen molar-refractivity contribution in [3.05, 3.63) is 60.7 Å². The number of likely N-dealkylation sites (N-methyl/N-ethyl adjacent to an activating group) is 1. The number of carbonyl (C=O) groups is 1. The van der Waals surface area contributed by atoms with Crippen molar-refractivity contribution in [2.45, 2.75) is 6.92 Å². The highest BCUT2D eigenvalue weighted by molar-refractivity contribution is 6.01. The highest BCUT2D eigenvalue weighted by Gasteiger charge is 2.16. The van der Waals surface area contributed by atoms with Gasteiger partial charge in [-0.05, 0) is 50.4 Å². The number of carbonyl (C=O) groups excluding carboxylic acids is 1. The second kappa shape index (κ2) is 10.1. The number of urea groups is 1. The fourth-order valence-electron chi connectivity index (χ4n) is 3.58. The Morgan fingerprint density at radius 1 is 0.969 bits per heavy atom. The predicted molar refractivity (Wildman–Crippen MR) is 127 cm³/mol. The Kier molecular flexibility index (Phi) is 6.81. The summed E-state index contributed by atoms with van der Waals surface area (Å²) < 4.78 is 5.56. The molecule has 1 aliphatic rings. The molecule has 4 rings (SSSR count). The molecule has 2 amide bonds. The lowest BCUT2D eigenvalue weighted by Gasteiger charge is -2.32. The number of nitrogens with one attached hydrogen (secondary N) is 2. The summed E-state index contributed by atoms with van der Waals surface area (Å²) in [5.41, 5.74) is 2.93. The Balaban J connectivity index is 1.42. The van der Waals surface area contributed by atoms with E-state index < -0.39 is 0 Å². The summed E-state index contributed by atoms with van der Waals surface area (Å²) in [4.78, 5) is 17.1. The molecule has 0 saturated carbocycles. The molecule has 1 aliphatic heterocycles. The summed E-state index contributed by atoms with van der Waals surface area (Å²) in [7, 11) is 2.13. The molecule has 1 aromatic heterocycles. The van der Waals surface area contributed by atoms with Gasteiger partial charge in [-0.3, -0.25) is 0 Å². The van der Waals surface area contributed by atoms with Gasteiger partial charge in [-0.15, -0.1) is 10.2 Å². The highest BCUT2D eigenvalue weighted by atomic mass is 16.5. The lowest BCUT2D eigenvalue weighted by molar-refractivity contribution is 0.262. The van der Waals surface area contributed by atoms with Crippen LogP contribution in [0.1, 0.15) is 6.92 Å². The van der Waals surface area contributed by atoms with Crippen LogP contribution in [0, 0.1) is 0 Å². The predicted octanol–water partition coefficient (Wildman–Crippen LogP) is 3.94. The number of rotatable bonds is 6. The van der Waals surface area contributed by atoms with E-state index in [4.69, 9.17) is 4.74 Å². The third-order valence-corrected chi connectivity index (χ3v) is 5.33. The topological polar surface area (TPSA) is 82.6 Å². The quantitative estimate of drug-likeness (QED) is 0.614. The third kappa shape index (κ3) is 5.33. The maximum Gasteiger partial charge on any atom is 0.323 e. The van der Waals surface area contributed by atoms with Gasteiger partial charge in [0.2, 0.25) is 0 Å². The molecule has 2 aromatic carbocycles. The van der Waals surface area contributed by atoms with Gasteiger partial charge in [0.25, 0.3) is 0 Å². The standard InChI is InChI=1S/C24H28N6O2/c1-3-32-22-10-5-4-9-21(22)26-24(31)25-19-8-6-7-18(17-19)20-11-12-23(28-27-20)30-15-13-29(2)14-16-30/h4-12,17H,3,13-16H2,1-2H3,(H2,25,26,31). The van der Waals surface area contributed by atoms with E-state index in [9.17, 15) is 4.79 Å². The van der Waals surface area contributed by atoms with E-state index in [1.165, 1.54) is 0 Å². The number of para-hydroxylation sites is 2. The number of hydrogen-bond acceptors (Lipinski definition) is 6. The molecule has 0 radical (unpaired) electrons. The van der Waals surface area contributed by atoms with E-state index in [1.54, 1.807) is 6.07 Å². The zero-order valence-electron chi connectivity index (χ0n) is 18.4. The van der Waals surface area contributed by atoms with Crippen molar-refractivity contribution in [2.24, 2.45) is 0 Å². The molecule has 1 fully saturated rings. The van der Waals surface area contributed by atoms with Crippen molar-refractivity contribution in [2.75, 3.05) is 55.4 Å². The number of hydrogen-bond donors (Lipinski definition) is 2. The maximum atomic E-state index is 12.5. The Bertz CT molecular complexity index is 1050. The molecule has 0 atom stereocenters. The van der Waals surface area contributed by atoms with Crippen LogP contribution in [0.3, 0.4) is 0 Å². The fourth-order valence-corrected chi connectivity index (χ4v) is 3.58. The first-order valence-corrected chi connectivity index (χ1v) is 10.8. The zero-order valence-corrected chi connectivity index (χ0v) is 18.4. The molecule has 32 heavy (non-hydrogen) atoms. The lowest BCUT2D eigenvalue weighted by Crippen LogP contribution is -2.44. The summed E-state index contributed by atoms with van der Waals surface area (Å²) in [5, 5.41) is 14.5. The van der Waals surface area contributed by atoms with Gasteiger partial charge in [-0.2, -0.15) is 0 Å². The van der Waals surface area contributed by atoms with Gasteiger partial charge in [-0.1, -0.05) is 24.3 Å². The average molecular weight is 433 g/mol. The summed E-state index contributed by atoms with van der Waals surface area (Å²) in [6.45, 7) is 6.37. The summed E-state index contributed by atoms with van der Waals surface area (Å²) in [6, 6.07) is 18.5. The minimum atomic E-state index is -0.342. The molecule has 166 valence electrons. The molecule has 0 spiro atoms. The van der Waals surface area contributed by atoms with Crippen LogP contribution in [0.5, 0.6) is 5.75 Å². The first kappa shape index (κ1) is 21.6. The third-order valence-electron chi connectivity index (χ3n) is 5.33. The van der Waals surface area contributed by atoms with Gasteiger partial charge < -0.3 is 25.2 Å². The van der Waals surface area contributed by atoms with E-state index in [1.807, 2.05) is 61.5 Å². The number of nitrogens with zero attached hydrogens (tertiary/aromatic N) is 4. The molecule has 2 heterocycles. The average Bonchev–Trinajstić information content (AvgIpc) is 2.81. The van der Waals surface area contributed by atoms with Crippen molar-refractivity contribution in [1.82, 2.24) is 15.1 Å². The molecule has 0 aliphatic carbocycles. The molecule has 0 bridgehead atoms. The Morgan fingerprint density at radius 3 is 2.53 bits per heavy atom. The normalized spacial score (nSPS) is 14.1. The van der Waals surface area contributed by atoms with Crippen LogP contribution in [0.15, 0.2) is 60.7 Å². The van der Waals surface area contributed by atoms with Gasteiger partial charge in [-0.25, -0.2) is 4.79 Å². The van der Waals surface area contributed by atoms with Gasteiger partial charge >= 0.3 is 6.03 Å². The van der Waals surface area contributed by atoms with Crippen LogP contribution in [0.4, 0.5) is 22.0 Å².